The van der Waals surface area contributed by atoms with Gasteiger partial charge in [-0.05, 0) is 194 Å². The quantitative estimate of drug-likeness (QED) is 0.0950. The van der Waals surface area contributed by atoms with E-state index in [0.29, 0.717) is 0 Å². The molecule has 2 aliphatic heterocycles. The fraction of sp³-hybridized carbons (Fsp3) is 0.0392. The Balaban J connectivity index is 0.957. The van der Waals surface area contributed by atoms with E-state index in [0.717, 1.165) is 140 Å². The molecule has 0 N–H and O–H groups in total. The van der Waals surface area contributed by atoms with E-state index in [2.05, 4.69) is 407 Å². The van der Waals surface area contributed by atoms with Gasteiger partial charge in [0.2, 0.25) is 0 Å². The predicted molar refractivity (Wildman–Crippen MR) is 450 cm³/mol. The Kier molecular flexibility index (Phi) is 14.9. The summed E-state index contributed by atoms with van der Waals surface area (Å²) >= 11 is 0. The molecular formula is C102H71BN2O. The van der Waals surface area contributed by atoms with Gasteiger partial charge in [0.25, 0.3) is 6.71 Å². The number of hydrogen-bond acceptors (Lipinski definition) is 3. The monoisotopic (exact) mass is 1350 g/mol. The fourth-order valence-corrected chi connectivity index (χ4v) is 17.2. The highest BCUT2D eigenvalue weighted by molar-refractivity contribution is 7.00. The number of benzene rings is 17. The molecule has 0 aliphatic carbocycles. The number of para-hydroxylation sites is 1. The maximum atomic E-state index is 6.54. The van der Waals surface area contributed by atoms with E-state index in [1.165, 1.54) is 60.2 Å². The molecule has 0 saturated carbocycles. The van der Waals surface area contributed by atoms with Gasteiger partial charge in [0.05, 0.1) is 11.4 Å². The third-order valence-electron chi connectivity index (χ3n) is 22.2. The number of hydrogen-bond donors (Lipinski definition) is 0. The van der Waals surface area contributed by atoms with Crippen molar-refractivity contribution in [2.45, 2.75) is 26.2 Å². The highest BCUT2D eigenvalue weighted by atomic mass is 16.3. The number of nitrogens with zero attached hydrogens (tertiary/aromatic N) is 2. The van der Waals surface area contributed by atoms with Crippen molar-refractivity contribution in [3.8, 4) is 100 Å². The zero-order chi connectivity index (χ0) is 70.6. The number of anilines is 6. The molecule has 498 valence electrons. The molecule has 3 heterocycles. The second kappa shape index (κ2) is 25.3. The lowest BCUT2D eigenvalue weighted by Crippen LogP contribution is -2.61. The molecule has 4 heteroatoms. The molecule has 0 fully saturated rings. The Morgan fingerprint density at radius 3 is 0.972 bits per heavy atom. The van der Waals surface area contributed by atoms with Gasteiger partial charge in [-0.1, -0.05) is 330 Å². The van der Waals surface area contributed by atoms with Crippen molar-refractivity contribution in [3.05, 3.63) is 382 Å². The summed E-state index contributed by atoms with van der Waals surface area (Å²) in [6.45, 7) is 6.91. The molecule has 106 heavy (non-hydrogen) atoms. The van der Waals surface area contributed by atoms with Crippen LogP contribution in [0.25, 0.3) is 144 Å². The van der Waals surface area contributed by atoms with E-state index < -0.39 is 0 Å². The first-order chi connectivity index (χ1) is 52.2. The molecule has 0 atom stereocenters. The molecule has 0 unspecified atom stereocenters. The van der Waals surface area contributed by atoms with Gasteiger partial charge in [-0.15, -0.1) is 0 Å². The van der Waals surface area contributed by atoms with Gasteiger partial charge in [-0.2, -0.15) is 0 Å². The Morgan fingerprint density at radius 1 is 0.236 bits per heavy atom. The lowest BCUT2D eigenvalue weighted by molar-refractivity contribution is 0.590. The second-order valence-electron chi connectivity index (χ2n) is 29.4. The van der Waals surface area contributed by atoms with Crippen LogP contribution in [-0.4, -0.2) is 6.71 Å². The van der Waals surface area contributed by atoms with Crippen LogP contribution in [0, 0.1) is 0 Å². The molecule has 17 aromatic carbocycles. The highest BCUT2D eigenvalue weighted by Gasteiger charge is 2.46. The van der Waals surface area contributed by atoms with Crippen molar-refractivity contribution in [3.63, 3.8) is 0 Å². The van der Waals surface area contributed by atoms with Crippen molar-refractivity contribution in [2.24, 2.45) is 0 Å². The standard InChI is InChI=1S/C102H71BN2O/c1-102(2,3)78-64-93-99-94(65-78)105(101-86(70-39-19-8-20-40-70)60-77(67-33-13-5-14-34-67)61-87(101)71-41-21-9-22-42-71)92-63-75(98-82-48-27-25-46-80(82)97(72-43-23-10-24-44-72)81-47-26-28-49-83(81)98)52-55-90(92)103(99)89-54-51-74(73-53-56-96-88(57-73)79-45-29-30-50-95(79)106-96)62-91(89)104(93)100-84(68-35-15-6-16-36-68)58-76(66-31-11-4-12-32-66)59-85(100)69-37-17-7-18-38-69/h4-65H,1-3H3. The summed E-state index contributed by atoms with van der Waals surface area (Å²) in [5.74, 6) is 0. The summed E-state index contributed by atoms with van der Waals surface area (Å²) in [4.78, 5) is 5.43. The Bertz CT molecular complexity index is 6290. The van der Waals surface area contributed by atoms with E-state index in [1.807, 2.05) is 0 Å². The Labute approximate surface area is 618 Å². The number of fused-ring (bicyclic) bond motifs is 9. The van der Waals surface area contributed by atoms with Crippen LogP contribution in [-0.2, 0) is 5.41 Å². The average molecular weight is 1350 g/mol. The van der Waals surface area contributed by atoms with Crippen LogP contribution in [0.5, 0.6) is 0 Å². The third kappa shape index (κ3) is 10.4. The van der Waals surface area contributed by atoms with Gasteiger partial charge in [0.1, 0.15) is 11.2 Å². The first kappa shape index (κ1) is 62.5. The van der Waals surface area contributed by atoms with Crippen molar-refractivity contribution >= 4 is 101 Å². The maximum Gasteiger partial charge on any atom is 0.252 e. The van der Waals surface area contributed by atoms with Gasteiger partial charge in [0.15, 0.2) is 0 Å². The molecule has 0 amide bonds. The van der Waals surface area contributed by atoms with Crippen LogP contribution >= 0.6 is 0 Å². The summed E-state index contributed by atoms with van der Waals surface area (Å²) in [7, 11) is 0. The molecule has 0 spiro atoms. The normalized spacial score (nSPS) is 12.4. The van der Waals surface area contributed by atoms with Crippen molar-refractivity contribution < 1.29 is 4.42 Å². The van der Waals surface area contributed by atoms with E-state index >= 15 is 0 Å². The lowest BCUT2D eigenvalue weighted by atomic mass is 9.33. The first-order valence-electron chi connectivity index (χ1n) is 36.9. The van der Waals surface area contributed by atoms with E-state index in [-0.39, 0.29) is 12.1 Å². The van der Waals surface area contributed by atoms with E-state index in [9.17, 15) is 0 Å². The molecule has 0 radical (unpaired) electrons. The van der Waals surface area contributed by atoms with Gasteiger partial charge in [-0.3, -0.25) is 0 Å². The zero-order valence-corrected chi connectivity index (χ0v) is 59.2. The Morgan fingerprint density at radius 2 is 0.557 bits per heavy atom. The minimum absolute atomic E-state index is 0.262. The van der Waals surface area contributed by atoms with E-state index in [4.69, 9.17) is 4.42 Å². The second-order valence-corrected chi connectivity index (χ2v) is 29.4. The van der Waals surface area contributed by atoms with Crippen LogP contribution in [0.4, 0.5) is 34.1 Å². The predicted octanol–water partition coefficient (Wildman–Crippen LogP) is 26.3. The summed E-state index contributed by atoms with van der Waals surface area (Å²) in [6.07, 6.45) is 0. The highest BCUT2D eigenvalue weighted by Crippen LogP contribution is 2.56. The van der Waals surface area contributed by atoms with Crippen molar-refractivity contribution in [1.29, 1.82) is 0 Å². The van der Waals surface area contributed by atoms with Gasteiger partial charge < -0.3 is 14.2 Å². The van der Waals surface area contributed by atoms with Crippen LogP contribution in [0.15, 0.2) is 381 Å². The van der Waals surface area contributed by atoms with Crippen LogP contribution in [0.1, 0.15) is 26.3 Å². The van der Waals surface area contributed by atoms with Crippen LogP contribution in [0.3, 0.4) is 0 Å². The summed E-state index contributed by atoms with van der Waals surface area (Å²) in [5.41, 5.74) is 33.6. The summed E-state index contributed by atoms with van der Waals surface area (Å²) in [5, 5.41) is 7.04. The largest absolute Gasteiger partial charge is 0.456 e. The molecular weight excluding hydrogens is 1280 g/mol. The van der Waals surface area contributed by atoms with Crippen LogP contribution in [0.2, 0.25) is 0 Å². The van der Waals surface area contributed by atoms with Crippen molar-refractivity contribution in [1.82, 2.24) is 0 Å². The van der Waals surface area contributed by atoms with Gasteiger partial charge >= 0.3 is 0 Å². The lowest BCUT2D eigenvalue weighted by Gasteiger charge is -2.46. The topological polar surface area (TPSA) is 19.6 Å². The molecule has 3 nitrogen and oxygen atoms in total. The summed E-state index contributed by atoms with van der Waals surface area (Å²) < 4.78 is 6.54. The Hall–Kier alpha value is -13.3. The van der Waals surface area contributed by atoms with Crippen LogP contribution < -0.4 is 26.2 Å². The minimum atomic E-state index is -0.354. The molecule has 1 aromatic heterocycles. The third-order valence-corrected chi connectivity index (χ3v) is 22.2. The smallest absolute Gasteiger partial charge is 0.252 e. The van der Waals surface area contributed by atoms with E-state index in [1.54, 1.807) is 0 Å². The molecule has 0 bridgehead atoms. The molecule has 20 rings (SSSR count). The molecule has 2 aliphatic rings. The van der Waals surface area contributed by atoms with Gasteiger partial charge in [-0.25, -0.2) is 0 Å². The molecule has 0 saturated heterocycles. The zero-order valence-electron chi connectivity index (χ0n) is 59.2. The summed E-state index contributed by atoms with van der Waals surface area (Å²) in [6, 6.07) is 141. The van der Waals surface area contributed by atoms with Gasteiger partial charge in [0, 0.05) is 55.8 Å². The fourth-order valence-electron chi connectivity index (χ4n) is 17.2. The molecule has 18 aromatic rings. The van der Waals surface area contributed by atoms with Crippen molar-refractivity contribution in [2.75, 3.05) is 9.80 Å². The minimum Gasteiger partial charge on any atom is -0.456 e. The number of furan rings is 1. The average Bonchev–Trinajstić information content (AvgIpc) is 0.795. The maximum absolute atomic E-state index is 6.54. The number of rotatable bonds is 11. The first-order valence-corrected chi connectivity index (χ1v) is 36.9. The SMILES string of the molecule is CC(C)(C)c1cc2c3c(c1)N(c1c(-c4ccccc4)cc(-c4ccccc4)cc1-c1ccccc1)c1cc(-c4c5ccccc5c(-c5ccccc5)c5ccccc45)ccc1B3c1ccc(-c3ccc4oc5ccccc5c4c3)cc1N2c1c(-c2ccccc2)cc(-c2ccccc2)cc1-c1ccccc1.